The largest absolute Gasteiger partial charge is 0.296 e. The Labute approximate surface area is 135 Å². The number of benzene rings is 1. The summed E-state index contributed by atoms with van der Waals surface area (Å²) in [5, 5.41) is 13.5. The second-order valence-corrected chi connectivity index (χ2v) is 6.42. The van der Waals surface area contributed by atoms with Crippen molar-refractivity contribution in [3.63, 3.8) is 0 Å². The summed E-state index contributed by atoms with van der Waals surface area (Å²) in [6.45, 7) is 1.98. The first-order chi connectivity index (χ1) is 10.7. The first-order valence-corrected chi connectivity index (χ1v) is 8.19. The molecular weight excluding hydrogens is 316 g/mol. The van der Waals surface area contributed by atoms with Gasteiger partial charge in [0.25, 0.3) is 5.91 Å². The summed E-state index contributed by atoms with van der Waals surface area (Å²) in [5.41, 5.74) is 1.70. The molecule has 7 heteroatoms. The molecule has 0 bridgehead atoms. The molecular formula is C15H12N4OS2. The van der Waals surface area contributed by atoms with E-state index >= 15 is 0 Å². The number of anilines is 1. The van der Waals surface area contributed by atoms with Gasteiger partial charge in [0.2, 0.25) is 10.3 Å². The zero-order valence-corrected chi connectivity index (χ0v) is 13.3. The number of thiophene rings is 1. The van der Waals surface area contributed by atoms with Crippen LogP contribution >= 0.6 is 22.7 Å². The first kappa shape index (κ1) is 14.6. The number of aliphatic imine (C=N–C) groups is 1. The number of aromatic nitrogens is 2. The van der Waals surface area contributed by atoms with E-state index in [0.717, 1.165) is 10.4 Å². The highest BCUT2D eigenvalue weighted by atomic mass is 32.1. The molecule has 0 radical (unpaired) electrons. The predicted octanol–water partition coefficient (Wildman–Crippen LogP) is 3.91. The van der Waals surface area contributed by atoms with Gasteiger partial charge in [-0.25, -0.2) is 4.99 Å². The third kappa shape index (κ3) is 3.63. The van der Waals surface area contributed by atoms with Crippen molar-refractivity contribution in [1.82, 2.24) is 10.2 Å². The van der Waals surface area contributed by atoms with Gasteiger partial charge in [-0.1, -0.05) is 35.1 Å². The van der Waals surface area contributed by atoms with E-state index in [0.29, 0.717) is 15.8 Å². The Kier molecular flexibility index (Phi) is 4.36. The maximum Gasteiger partial charge on any atom is 0.257 e. The minimum absolute atomic E-state index is 0.204. The lowest BCUT2D eigenvalue weighted by Gasteiger charge is -2.00. The van der Waals surface area contributed by atoms with Crippen LogP contribution in [0.15, 0.2) is 46.8 Å². The van der Waals surface area contributed by atoms with Crippen LogP contribution in [-0.2, 0) is 0 Å². The maximum absolute atomic E-state index is 12.1. The average molecular weight is 328 g/mol. The normalized spacial score (nSPS) is 11.0. The van der Waals surface area contributed by atoms with Gasteiger partial charge in [-0.3, -0.25) is 10.1 Å². The maximum atomic E-state index is 12.1. The van der Waals surface area contributed by atoms with Crippen LogP contribution in [0.2, 0.25) is 0 Å². The van der Waals surface area contributed by atoms with Gasteiger partial charge < -0.3 is 0 Å². The van der Waals surface area contributed by atoms with E-state index in [-0.39, 0.29) is 5.91 Å². The number of nitrogens with zero attached hydrogens (tertiary/aromatic N) is 3. The first-order valence-electron chi connectivity index (χ1n) is 6.50. The van der Waals surface area contributed by atoms with E-state index < -0.39 is 0 Å². The number of rotatable bonds is 4. The minimum Gasteiger partial charge on any atom is -0.296 e. The summed E-state index contributed by atoms with van der Waals surface area (Å²) < 4.78 is 0. The molecule has 3 aromatic rings. The Hall–Kier alpha value is -2.38. The molecule has 5 nitrogen and oxygen atoms in total. The van der Waals surface area contributed by atoms with Gasteiger partial charge in [-0.15, -0.1) is 21.5 Å². The molecule has 1 aromatic carbocycles. The van der Waals surface area contributed by atoms with Crippen molar-refractivity contribution in [2.75, 3.05) is 5.32 Å². The van der Waals surface area contributed by atoms with Gasteiger partial charge in [0.15, 0.2) is 0 Å². The van der Waals surface area contributed by atoms with Crippen molar-refractivity contribution in [3.8, 4) is 0 Å². The molecule has 0 aliphatic heterocycles. The van der Waals surface area contributed by atoms with E-state index in [1.807, 2.05) is 36.6 Å². The summed E-state index contributed by atoms with van der Waals surface area (Å²) in [5.74, 6) is -0.204. The van der Waals surface area contributed by atoms with Gasteiger partial charge >= 0.3 is 0 Å². The standard InChI is InChI=1S/C15H12N4OS2/c1-10-4-6-11(7-5-10)13(20)17-15-19-18-14(22-15)16-9-12-3-2-8-21-12/h2-9H,1H3,(H,17,19,20)/b16-9+. The Balaban J connectivity index is 1.66. The minimum atomic E-state index is -0.204. The highest BCUT2D eigenvalue weighted by molar-refractivity contribution is 7.19. The molecule has 0 saturated carbocycles. The monoisotopic (exact) mass is 328 g/mol. The van der Waals surface area contributed by atoms with Crippen molar-refractivity contribution < 1.29 is 4.79 Å². The molecule has 1 amide bonds. The van der Waals surface area contributed by atoms with Gasteiger partial charge in [0.05, 0.1) is 0 Å². The van der Waals surface area contributed by atoms with Crippen molar-refractivity contribution in [2.45, 2.75) is 6.92 Å². The molecule has 2 heterocycles. The molecule has 22 heavy (non-hydrogen) atoms. The summed E-state index contributed by atoms with van der Waals surface area (Å²) in [7, 11) is 0. The predicted molar refractivity (Wildman–Crippen MR) is 90.6 cm³/mol. The Bertz CT molecular complexity index is 791. The van der Waals surface area contributed by atoms with Crippen LogP contribution in [0.1, 0.15) is 20.8 Å². The summed E-state index contributed by atoms with van der Waals surface area (Å²) in [4.78, 5) is 17.4. The van der Waals surface area contributed by atoms with E-state index in [1.165, 1.54) is 11.3 Å². The lowest BCUT2D eigenvalue weighted by Crippen LogP contribution is -2.11. The fraction of sp³-hybridized carbons (Fsp3) is 0.0667. The SMILES string of the molecule is Cc1ccc(C(=O)Nc2nnc(/N=C/c3cccs3)s2)cc1. The molecule has 0 spiro atoms. The highest BCUT2D eigenvalue weighted by Crippen LogP contribution is 2.23. The van der Waals surface area contributed by atoms with E-state index in [2.05, 4.69) is 20.5 Å². The average Bonchev–Trinajstić information content (AvgIpc) is 3.17. The van der Waals surface area contributed by atoms with Gasteiger partial charge in [0, 0.05) is 16.7 Å². The number of nitrogens with one attached hydrogen (secondary N) is 1. The lowest BCUT2D eigenvalue weighted by molar-refractivity contribution is 0.102. The third-order valence-corrected chi connectivity index (χ3v) is 4.35. The van der Waals surface area contributed by atoms with E-state index in [1.54, 1.807) is 29.7 Å². The van der Waals surface area contributed by atoms with Crippen LogP contribution in [0.3, 0.4) is 0 Å². The zero-order chi connectivity index (χ0) is 15.4. The molecule has 3 rings (SSSR count). The molecule has 0 unspecified atom stereocenters. The number of carbonyl (C=O) groups excluding carboxylic acids is 1. The van der Waals surface area contributed by atoms with Gasteiger partial charge in [-0.05, 0) is 30.5 Å². The summed E-state index contributed by atoms with van der Waals surface area (Å²) >= 11 is 2.83. The summed E-state index contributed by atoms with van der Waals surface area (Å²) in [6, 6.07) is 11.3. The molecule has 0 aliphatic rings. The molecule has 0 fully saturated rings. The van der Waals surface area contributed by atoms with Crippen LogP contribution in [0.4, 0.5) is 10.3 Å². The van der Waals surface area contributed by atoms with Crippen LogP contribution < -0.4 is 5.32 Å². The van der Waals surface area contributed by atoms with Crippen LogP contribution in [0, 0.1) is 6.92 Å². The second-order valence-electron chi connectivity index (χ2n) is 4.48. The Morgan fingerprint density at radius 3 is 2.77 bits per heavy atom. The third-order valence-electron chi connectivity index (χ3n) is 2.79. The number of carbonyl (C=O) groups is 1. The number of amides is 1. The van der Waals surface area contributed by atoms with Crippen molar-refractivity contribution >= 4 is 45.1 Å². The highest BCUT2D eigenvalue weighted by Gasteiger charge is 2.09. The molecule has 0 atom stereocenters. The molecule has 110 valence electrons. The van der Waals surface area contributed by atoms with E-state index in [9.17, 15) is 4.79 Å². The number of hydrogen-bond donors (Lipinski definition) is 1. The molecule has 1 N–H and O–H groups in total. The smallest absolute Gasteiger partial charge is 0.257 e. The van der Waals surface area contributed by atoms with Crippen molar-refractivity contribution in [2.24, 2.45) is 4.99 Å². The van der Waals surface area contributed by atoms with Gasteiger partial charge in [-0.2, -0.15) is 0 Å². The van der Waals surface area contributed by atoms with E-state index in [4.69, 9.17) is 0 Å². The topological polar surface area (TPSA) is 67.2 Å². The molecule has 0 aliphatic carbocycles. The summed E-state index contributed by atoms with van der Waals surface area (Å²) in [6.07, 6.45) is 1.73. The quantitative estimate of drug-likeness (QED) is 0.738. The fourth-order valence-electron chi connectivity index (χ4n) is 1.68. The lowest BCUT2D eigenvalue weighted by atomic mass is 10.1. The van der Waals surface area contributed by atoms with Crippen LogP contribution in [0.5, 0.6) is 0 Å². The number of aryl methyl sites for hydroxylation is 1. The van der Waals surface area contributed by atoms with Crippen molar-refractivity contribution in [1.29, 1.82) is 0 Å². The number of hydrogen-bond acceptors (Lipinski definition) is 6. The second kappa shape index (κ2) is 6.59. The van der Waals surface area contributed by atoms with Crippen LogP contribution in [-0.4, -0.2) is 22.3 Å². The van der Waals surface area contributed by atoms with Crippen molar-refractivity contribution in [3.05, 3.63) is 57.8 Å². The Morgan fingerprint density at radius 1 is 1.23 bits per heavy atom. The fourth-order valence-corrected chi connectivity index (χ4v) is 2.85. The Morgan fingerprint density at radius 2 is 2.05 bits per heavy atom. The van der Waals surface area contributed by atoms with Gasteiger partial charge in [0.1, 0.15) is 0 Å². The molecule has 2 aromatic heterocycles. The zero-order valence-electron chi connectivity index (χ0n) is 11.7. The van der Waals surface area contributed by atoms with Crippen LogP contribution in [0.25, 0.3) is 0 Å². The molecule has 0 saturated heterocycles.